The monoisotopic (exact) mass is 465 g/mol. The molecular formula is C25H27N3O4S. The van der Waals surface area contributed by atoms with Crippen LogP contribution in [0.1, 0.15) is 19.3 Å². The molecule has 0 unspecified atom stereocenters. The van der Waals surface area contributed by atoms with E-state index in [0.717, 1.165) is 16.5 Å². The lowest BCUT2D eigenvalue weighted by Gasteiger charge is -2.30. The van der Waals surface area contributed by atoms with E-state index in [0.29, 0.717) is 25.9 Å². The molecule has 1 fully saturated rings. The Labute approximate surface area is 193 Å². The summed E-state index contributed by atoms with van der Waals surface area (Å²) < 4.78 is 26.9. The van der Waals surface area contributed by atoms with E-state index in [9.17, 15) is 18.0 Å². The average Bonchev–Trinajstić information content (AvgIpc) is 2.85. The van der Waals surface area contributed by atoms with Crippen molar-refractivity contribution in [3.8, 4) is 0 Å². The van der Waals surface area contributed by atoms with Gasteiger partial charge in [0.1, 0.15) is 0 Å². The number of benzene rings is 3. The Morgan fingerprint density at radius 3 is 2.30 bits per heavy atom. The maximum atomic E-state index is 12.7. The average molecular weight is 466 g/mol. The molecule has 0 aromatic heterocycles. The van der Waals surface area contributed by atoms with Crippen LogP contribution in [0.4, 0.5) is 5.69 Å². The highest BCUT2D eigenvalue weighted by atomic mass is 32.2. The van der Waals surface area contributed by atoms with Crippen LogP contribution in [0.15, 0.2) is 77.7 Å². The normalized spacial score (nSPS) is 15.3. The van der Waals surface area contributed by atoms with Crippen LogP contribution in [0.2, 0.25) is 0 Å². The van der Waals surface area contributed by atoms with Gasteiger partial charge in [-0.15, -0.1) is 0 Å². The molecule has 3 aromatic carbocycles. The molecule has 33 heavy (non-hydrogen) atoms. The summed E-state index contributed by atoms with van der Waals surface area (Å²) in [5, 5.41) is 7.75. The van der Waals surface area contributed by atoms with Gasteiger partial charge in [-0.3, -0.25) is 9.59 Å². The predicted molar refractivity (Wildman–Crippen MR) is 128 cm³/mol. The number of piperidine rings is 1. The van der Waals surface area contributed by atoms with Gasteiger partial charge in [-0.1, -0.05) is 54.6 Å². The summed E-state index contributed by atoms with van der Waals surface area (Å²) in [6, 6.07) is 21.9. The number of hydrogen-bond acceptors (Lipinski definition) is 4. The van der Waals surface area contributed by atoms with Gasteiger partial charge in [0, 0.05) is 43.0 Å². The smallest absolute Gasteiger partial charge is 0.243 e. The van der Waals surface area contributed by atoms with E-state index < -0.39 is 10.0 Å². The fourth-order valence-electron chi connectivity index (χ4n) is 4.09. The lowest BCUT2D eigenvalue weighted by atomic mass is 9.97. The van der Waals surface area contributed by atoms with Crippen LogP contribution in [0, 0.1) is 5.92 Å². The molecule has 7 nitrogen and oxygen atoms in total. The third-order valence-electron chi connectivity index (χ3n) is 5.92. The van der Waals surface area contributed by atoms with Crippen molar-refractivity contribution in [2.45, 2.75) is 24.2 Å². The minimum atomic E-state index is -3.54. The Kier molecular flexibility index (Phi) is 7.05. The SMILES string of the molecule is O=C(CCNC(=O)C1CCN(S(=O)(=O)c2ccccc2)CC1)Nc1cccc2ccccc12. The molecule has 0 aliphatic carbocycles. The molecule has 1 heterocycles. The number of amides is 2. The number of fused-ring (bicyclic) bond motifs is 1. The Hall–Kier alpha value is -3.23. The largest absolute Gasteiger partial charge is 0.355 e. The molecule has 1 aliphatic heterocycles. The van der Waals surface area contributed by atoms with E-state index in [1.54, 1.807) is 30.3 Å². The van der Waals surface area contributed by atoms with E-state index in [1.165, 1.54) is 4.31 Å². The van der Waals surface area contributed by atoms with Crippen LogP contribution in [-0.4, -0.2) is 44.2 Å². The minimum absolute atomic E-state index is 0.135. The Morgan fingerprint density at radius 2 is 1.55 bits per heavy atom. The third-order valence-corrected chi connectivity index (χ3v) is 7.83. The topological polar surface area (TPSA) is 95.6 Å². The van der Waals surface area contributed by atoms with Crippen molar-refractivity contribution in [3.05, 3.63) is 72.8 Å². The molecule has 172 valence electrons. The standard InChI is InChI=1S/C25H27N3O4S/c29-24(27-23-12-6-8-19-7-4-5-11-22(19)23)13-16-26-25(30)20-14-17-28(18-15-20)33(31,32)21-9-2-1-3-10-21/h1-12,20H,13-18H2,(H,26,30)(H,27,29). The number of nitrogens with one attached hydrogen (secondary N) is 2. The van der Waals surface area contributed by atoms with E-state index >= 15 is 0 Å². The summed E-state index contributed by atoms with van der Waals surface area (Å²) in [5.41, 5.74) is 0.747. The summed E-state index contributed by atoms with van der Waals surface area (Å²) in [6.45, 7) is 0.839. The fraction of sp³-hybridized carbons (Fsp3) is 0.280. The van der Waals surface area contributed by atoms with Crippen molar-refractivity contribution in [3.63, 3.8) is 0 Å². The molecule has 2 amide bonds. The number of carbonyl (C=O) groups is 2. The Balaban J connectivity index is 1.23. The number of sulfonamides is 1. The van der Waals surface area contributed by atoms with Crippen LogP contribution >= 0.6 is 0 Å². The van der Waals surface area contributed by atoms with E-state index in [-0.39, 0.29) is 35.6 Å². The zero-order valence-corrected chi connectivity index (χ0v) is 19.1. The molecule has 0 spiro atoms. The zero-order chi connectivity index (χ0) is 23.3. The molecule has 1 aliphatic rings. The quantitative estimate of drug-likeness (QED) is 0.559. The first-order valence-corrected chi connectivity index (χ1v) is 12.5. The highest BCUT2D eigenvalue weighted by Gasteiger charge is 2.31. The first kappa shape index (κ1) is 22.9. The van der Waals surface area contributed by atoms with Gasteiger partial charge >= 0.3 is 0 Å². The van der Waals surface area contributed by atoms with Crippen LogP contribution in [0.5, 0.6) is 0 Å². The first-order valence-electron chi connectivity index (χ1n) is 11.1. The number of rotatable bonds is 7. The lowest BCUT2D eigenvalue weighted by Crippen LogP contribution is -2.43. The van der Waals surface area contributed by atoms with Crippen molar-refractivity contribution in [1.29, 1.82) is 0 Å². The molecule has 3 aromatic rings. The summed E-state index contributed by atoms with van der Waals surface area (Å²) in [6.07, 6.45) is 1.08. The van der Waals surface area contributed by atoms with Gasteiger partial charge in [0.25, 0.3) is 0 Å². The summed E-state index contributed by atoms with van der Waals surface area (Å²) in [4.78, 5) is 25.2. The van der Waals surface area contributed by atoms with Gasteiger partial charge in [0.15, 0.2) is 0 Å². The van der Waals surface area contributed by atoms with Crippen molar-refractivity contribution in [1.82, 2.24) is 9.62 Å². The van der Waals surface area contributed by atoms with Crippen LogP contribution in [0.25, 0.3) is 10.8 Å². The minimum Gasteiger partial charge on any atom is -0.355 e. The van der Waals surface area contributed by atoms with E-state index in [4.69, 9.17) is 0 Å². The Morgan fingerprint density at radius 1 is 0.879 bits per heavy atom. The van der Waals surface area contributed by atoms with E-state index in [2.05, 4.69) is 10.6 Å². The maximum absolute atomic E-state index is 12.7. The fourth-order valence-corrected chi connectivity index (χ4v) is 5.58. The lowest BCUT2D eigenvalue weighted by molar-refractivity contribution is -0.126. The van der Waals surface area contributed by atoms with Gasteiger partial charge in [-0.2, -0.15) is 4.31 Å². The molecule has 2 N–H and O–H groups in total. The van der Waals surface area contributed by atoms with Crippen molar-refractivity contribution < 1.29 is 18.0 Å². The number of carbonyl (C=O) groups excluding carboxylic acids is 2. The van der Waals surface area contributed by atoms with Crippen molar-refractivity contribution >= 4 is 38.3 Å². The molecule has 0 saturated carbocycles. The number of anilines is 1. The van der Waals surface area contributed by atoms with Gasteiger partial charge < -0.3 is 10.6 Å². The van der Waals surface area contributed by atoms with Crippen LogP contribution in [-0.2, 0) is 19.6 Å². The first-order chi connectivity index (χ1) is 15.9. The molecule has 1 saturated heterocycles. The second kappa shape index (κ2) is 10.1. The molecule has 0 bridgehead atoms. The molecule has 0 radical (unpaired) electrons. The molecular weight excluding hydrogens is 438 g/mol. The maximum Gasteiger partial charge on any atom is 0.243 e. The Bertz CT molecular complexity index is 1230. The van der Waals surface area contributed by atoms with Gasteiger partial charge in [0.05, 0.1) is 4.90 Å². The highest BCUT2D eigenvalue weighted by Crippen LogP contribution is 2.24. The third kappa shape index (κ3) is 5.40. The van der Waals surface area contributed by atoms with Gasteiger partial charge in [-0.25, -0.2) is 8.42 Å². The van der Waals surface area contributed by atoms with Gasteiger partial charge in [0.2, 0.25) is 21.8 Å². The summed E-state index contributed by atoms with van der Waals surface area (Å²) >= 11 is 0. The molecule has 0 atom stereocenters. The summed E-state index contributed by atoms with van der Waals surface area (Å²) in [5.74, 6) is -0.562. The van der Waals surface area contributed by atoms with Crippen molar-refractivity contribution in [2.75, 3.05) is 25.0 Å². The molecule has 4 rings (SSSR count). The van der Waals surface area contributed by atoms with Gasteiger partial charge in [-0.05, 0) is 36.4 Å². The predicted octanol–water partition coefficient (Wildman–Crippen LogP) is 3.39. The number of hydrogen-bond donors (Lipinski definition) is 2. The van der Waals surface area contributed by atoms with Crippen LogP contribution in [0.3, 0.4) is 0 Å². The molecule has 8 heteroatoms. The number of nitrogens with zero attached hydrogens (tertiary/aromatic N) is 1. The highest BCUT2D eigenvalue weighted by molar-refractivity contribution is 7.89. The summed E-state index contributed by atoms with van der Waals surface area (Å²) in [7, 11) is -3.54. The van der Waals surface area contributed by atoms with E-state index in [1.807, 2.05) is 42.5 Å². The second-order valence-corrected chi connectivity index (χ2v) is 10.0. The second-order valence-electron chi connectivity index (χ2n) is 8.11. The zero-order valence-electron chi connectivity index (χ0n) is 18.2. The van der Waals surface area contributed by atoms with Crippen molar-refractivity contribution in [2.24, 2.45) is 5.92 Å². The van der Waals surface area contributed by atoms with Crippen LogP contribution < -0.4 is 10.6 Å².